The van der Waals surface area contributed by atoms with Crippen molar-refractivity contribution in [2.75, 3.05) is 13.1 Å². The summed E-state index contributed by atoms with van der Waals surface area (Å²) in [5.74, 6) is 2.46. The van der Waals surface area contributed by atoms with Gasteiger partial charge in [0.25, 0.3) is 0 Å². The van der Waals surface area contributed by atoms with E-state index in [0.717, 1.165) is 37.7 Å². The largest absolute Gasteiger partial charge is 0.316 e. The third-order valence-electron chi connectivity index (χ3n) is 5.28. The molecule has 116 valence electrons. The molecule has 0 bridgehead atoms. The molecule has 2 aliphatic carbocycles. The lowest BCUT2D eigenvalue weighted by Crippen LogP contribution is -2.29. The summed E-state index contributed by atoms with van der Waals surface area (Å²) in [4.78, 5) is 9.77. The van der Waals surface area contributed by atoms with Crippen molar-refractivity contribution in [3.8, 4) is 0 Å². The Morgan fingerprint density at radius 2 is 2.05 bits per heavy atom. The lowest BCUT2D eigenvalue weighted by atomic mass is 9.85. The molecule has 0 aromatic carbocycles. The lowest BCUT2D eigenvalue weighted by molar-refractivity contribution is 0.417. The van der Waals surface area contributed by atoms with Gasteiger partial charge < -0.3 is 5.32 Å². The van der Waals surface area contributed by atoms with Gasteiger partial charge in [0.1, 0.15) is 5.82 Å². The van der Waals surface area contributed by atoms with Crippen LogP contribution < -0.4 is 5.32 Å². The number of hydrogen-bond donors (Lipinski definition) is 1. The molecule has 1 aromatic heterocycles. The Bertz CT molecular complexity index is 521. The quantitative estimate of drug-likeness (QED) is 0.843. The summed E-state index contributed by atoms with van der Waals surface area (Å²) in [6, 6.07) is 0. The third-order valence-corrected chi connectivity index (χ3v) is 5.28. The maximum absolute atomic E-state index is 4.93. The Hall–Kier alpha value is -0.960. The molecule has 0 aliphatic heterocycles. The number of aromatic nitrogens is 2. The van der Waals surface area contributed by atoms with Crippen LogP contribution in [0, 0.1) is 18.3 Å². The van der Waals surface area contributed by atoms with E-state index in [0.29, 0.717) is 11.3 Å². The van der Waals surface area contributed by atoms with E-state index in [-0.39, 0.29) is 0 Å². The Morgan fingerprint density at radius 1 is 1.29 bits per heavy atom. The first kappa shape index (κ1) is 15.0. The van der Waals surface area contributed by atoms with E-state index in [4.69, 9.17) is 9.97 Å². The number of fused-ring (bicyclic) bond motifs is 1. The van der Waals surface area contributed by atoms with Gasteiger partial charge in [-0.05, 0) is 69.0 Å². The molecule has 1 saturated carbocycles. The molecule has 3 rings (SSSR count). The molecule has 1 aromatic rings. The van der Waals surface area contributed by atoms with E-state index in [1.165, 1.54) is 36.2 Å². The molecule has 2 aliphatic rings. The zero-order chi connectivity index (χ0) is 15.0. The van der Waals surface area contributed by atoms with Gasteiger partial charge in [-0.2, -0.15) is 0 Å². The van der Waals surface area contributed by atoms with Crippen LogP contribution in [0.2, 0.25) is 0 Å². The molecule has 1 heterocycles. The highest BCUT2D eigenvalue weighted by atomic mass is 14.9. The fourth-order valence-electron chi connectivity index (χ4n) is 3.60. The van der Waals surface area contributed by atoms with Crippen molar-refractivity contribution in [1.29, 1.82) is 0 Å². The molecule has 0 amide bonds. The van der Waals surface area contributed by atoms with Crippen molar-refractivity contribution in [2.24, 2.45) is 11.3 Å². The van der Waals surface area contributed by atoms with Gasteiger partial charge in [-0.1, -0.05) is 20.8 Å². The van der Waals surface area contributed by atoms with Crippen molar-refractivity contribution < 1.29 is 0 Å². The van der Waals surface area contributed by atoms with E-state index in [9.17, 15) is 0 Å². The maximum Gasteiger partial charge on any atom is 0.132 e. The molecule has 0 radical (unpaired) electrons. The van der Waals surface area contributed by atoms with Crippen LogP contribution in [0.5, 0.6) is 0 Å². The Labute approximate surface area is 129 Å². The van der Waals surface area contributed by atoms with Crippen LogP contribution in [-0.2, 0) is 12.8 Å². The summed E-state index contributed by atoms with van der Waals surface area (Å²) in [6.07, 6.45) is 6.03. The average molecular weight is 287 g/mol. The third kappa shape index (κ3) is 3.13. The first-order chi connectivity index (χ1) is 10.0. The minimum atomic E-state index is 0.419. The molecule has 21 heavy (non-hydrogen) atoms. The summed E-state index contributed by atoms with van der Waals surface area (Å²) < 4.78 is 0. The smallest absolute Gasteiger partial charge is 0.132 e. The Balaban J connectivity index is 1.72. The zero-order valence-electron chi connectivity index (χ0n) is 14.0. The molecule has 0 spiro atoms. The van der Waals surface area contributed by atoms with Gasteiger partial charge in [-0.15, -0.1) is 0 Å². The van der Waals surface area contributed by atoms with Gasteiger partial charge in [-0.3, -0.25) is 0 Å². The maximum atomic E-state index is 4.93. The number of rotatable bonds is 5. The van der Waals surface area contributed by atoms with Crippen LogP contribution in [-0.4, -0.2) is 23.1 Å². The van der Waals surface area contributed by atoms with Gasteiger partial charge in [0.15, 0.2) is 0 Å². The first-order valence-electron chi connectivity index (χ1n) is 8.58. The first-order valence-corrected chi connectivity index (χ1v) is 8.58. The number of aryl methyl sites for hydroxylation is 2. The lowest BCUT2D eigenvalue weighted by Gasteiger charge is -2.25. The fourth-order valence-corrected chi connectivity index (χ4v) is 3.60. The molecule has 1 N–H and O–H groups in total. The zero-order valence-corrected chi connectivity index (χ0v) is 14.0. The summed E-state index contributed by atoms with van der Waals surface area (Å²) in [5.41, 5.74) is 4.43. The monoisotopic (exact) mass is 287 g/mol. The van der Waals surface area contributed by atoms with E-state index >= 15 is 0 Å². The van der Waals surface area contributed by atoms with E-state index in [1.807, 2.05) is 0 Å². The molecule has 0 saturated heterocycles. The van der Waals surface area contributed by atoms with Crippen molar-refractivity contribution in [3.63, 3.8) is 0 Å². The second-order valence-electron chi connectivity index (χ2n) is 7.65. The van der Waals surface area contributed by atoms with Gasteiger partial charge in [0, 0.05) is 17.3 Å². The van der Waals surface area contributed by atoms with Crippen LogP contribution in [0.1, 0.15) is 68.7 Å². The average Bonchev–Trinajstić information content (AvgIpc) is 3.08. The minimum Gasteiger partial charge on any atom is -0.316 e. The van der Waals surface area contributed by atoms with Gasteiger partial charge in [0.05, 0.1) is 0 Å². The van der Waals surface area contributed by atoms with E-state index in [2.05, 4.69) is 33.0 Å². The molecule has 2 unspecified atom stereocenters. The SMILES string of the molecule is CCCNCC1CCc2nc(C3CC3(C)C)nc(C)c2C1. The van der Waals surface area contributed by atoms with E-state index < -0.39 is 0 Å². The summed E-state index contributed by atoms with van der Waals surface area (Å²) in [7, 11) is 0. The van der Waals surface area contributed by atoms with Crippen molar-refractivity contribution in [3.05, 3.63) is 22.8 Å². The van der Waals surface area contributed by atoms with E-state index in [1.54, 1.807) is 0 Å². The van der Waals surface area contributed by atoms with Crippen molar-refractivity contribution >= 4 is 0 Å². The topological polar surface area (TPSA) is 37.8 Å². The second kappa shape index (κ2) is 5.68. The highest BCUT2D eigenvalue weighted by Crippen LogP contribution is 2.57. The summed E-state index contributed by atoms with van der Waals surface area (Å²) in [6.45, 7) is 11.3. The Kier molecular flexibility index (Phi) is 4.04. The van der Waals surface area contributed by atoms with Crippen LogP contribution in [0.25, 0.3) is 0 Å². The van der Waals surface area contributed by atoms with Crippen LogP contribution >= 0.6 is 0 Å². The molecular formula is C18H29N3. The number of nitrogens with zero attached hydrogens (tertiary/aromatic N) is 2. The molecular weight excluding hydrogens is 258 g/mol. The van der Waals surface area contributed by atoms with Gasteiger partial charge in [0.2, 0.25) is 0 Å². The van der Waals surface area contributed by atoms with Crippen LogP contribution in [0.4, 0.5) is 0 Å². The highest BCUT2D eigenvalue weighted by molar-refractivity contribution is 5.30. The second-order valence-corrected chi connectivity index (χ2v) is 7.65. The number of nitrogens with one attached hydrogen (secondary N) is 1. The molecule has 1 fully saturated rings. The van der Waals surface area contributed by atoms with Crippen molar-refractivity contribution in [1.82, 2.24) is 15.3 Å². The molecule has 3 heteroatoms. The minimum absolute atomic E-state index is 0.419. The molecule has 2 atom stereocenters. The normalized spacial score (nSPS) is 26.5. The molecule has 3 nitrogen and oxygen atoms in total. The van der Waals surface area contributed by atoms with Crippen LogP contribution in [0.15, 0.2) is 0 Å². The number of hydrogen-bond acceptors (Lipinski definition) is 3. The predicted octanol–water partition coefficient (Wildman–Crippen LogP) is 3.40. The summed E-state index contributed by atoms with van der Waals surface area (Å²) >= 11 is 0. The fraction of sp³-hybridized carbons (Fsp3) is 0.778. The summed E-state index contributed by atoms with van der Waals surface area (Å²) in [5, 5.41) is 3.56. The predicted molar refractivity (Wildman–Crippen MR) is 86.6 cm³/mol. The van der Waals surface area contributed by atoms with Crippen LogP contribution in [0.3, 0.4) is 0 Å². The van der Waals surface area contributed by atoms with Gasteiger partial charge in [-0.25, -0.2) is 9.97 Å². The standard InChI is InChI=1S/C18H29N3/c1-5-8-19-11-13-6-7-16-14(9-13)12(2)20-17(21-16)15-10-18(15,3)4/h13,15,19H,5-11H2,1-4H3. The Morgan fingerprint density at radius 3 is 2.71 bits per heavy atom. The highest BCUT2D eigenvalue weighted by Gasteiger charge is 2.48. The van der Waals surface area contributed by atoms with Crippen molar-refractivity contribution in [2.45, 2.75) is 65.7 Å². The van der Waals surface area contributed by atoms with Gasteiger partial charge >= 0.3 is 0 Å².